The van der Waals surface area contributed by atoms with Crippen molar-refractivity contribution in [1.29, 1.82) is 0 Å². The second-order valence-corrected chi connectivity index (χ2v) is 5.90. The van der Waals surface area contributed by atoms with Crippen LogP contribution in [0.15, 0.2) is 24.3 Å². The number of carbonyl (C=O) groups excluding carboxylic acids is 1. The molecule has 1 rings (SSSR count). The highest BCUT2D eigenvalue weighted by Crippen LogP contribution is 2.18. The Balaban J connectivity index is 2.30. The summed E-state index contributed by atoms with van der Waals surface area (Å²) in [4.78, 5) is 11.8. The summed E-state index contributed by atoms with van der Waals surface area (Å²) in [5, 5.41) is 11.9. The number of hydrogen-bond donors (Lipinski definition) is 2. The zero-order valence-electron chi connectivity index (χ0n) is 12.2. The summed E-state index contributed by atoms with van der Waals surface area (Å²) in [6, 6.07) is 8.27. The first kappa shape index (κ1) is 15.7. The first-order valence-corrected chi connectivity index (χ1v) is 6.86. The van der Waals surface area contributed by atoms with Gasteiger partial charge in [0.15, 0.2) is 0 Å². The largest absolute Gasteiger partial charge is 0.396 e. The van der Waals surface area contributed by atoms with Gasteiger partial charge in [-0.2, -0.15) is 0 Å². The van der Waals surface area contributed by atoms with E-state index in [9.17, 15) is 4.79 Å². The maximum atomic E-state index is 11.8. The Morgan fingerprint density at radius 2 is 1.89 bits per heavy atom. The van der Waals surface area contributed by atoms with E-state index in [2.05, 4.69) is 36.5 Å². The van der Waals surface area contributed by atoms with Gasteiger partial charge in [0.1, 0.15) is 0 Å². The summed E-state index contributed by atoms with van der Waals surface area (Å²) >= 11 is 0. The number of aliphatic hydroxyl groups excluding tert-OH is 1. The summed E-state index contributed by atoms with van der Waals surface area (Å²) in [6.45, 7) is 6.92. The molecule has 3 nitrogen and oxygen atoms in total. The van der Waals surface area contributed by atoms with E-state index in [4.69, 9.17) is 5.11 Å². The Kier molecular flexibility index (Phi) is 6.03. The monoisotopic (exact) mass is 263 g/mol. The fourth-order valence-electron chi connectivity index (χ4n) is 1.83. The number of benzene rings is 1. The molecule has 0 aromatic heterocycles. The number of rotatable bonds is 7. The Labute approximate surface area is 116 Å². The highest BCUT2D eigenvalue weighted by molar-refractivity contribution is 5.76. The first-order valence-electron chi connectivity index (χ1n) is 6.86. The molecule has 0 heterocycles. The molecule has 0 unspecified atom stereocenters. The number of carbonyl (C=O) groups is 1. The molecule has 0 fully saturated rings. The Morgan fingerprint density at radius 1 is 1.26 bits per heavy atom. The predicted molar refractivity (Wildman–Crippen MR) is 78.0 cm³/mol. The lowest BCUT2D eigenvalue weighted by Gasteiger charge is -2.23. The smallest absolute Gasteiger partial charge is 0.220 e. The minimum Gasteiger partial charge on any atom is -0.396 e. The molecule has 0 saturated carbocycles. The molecule has 1 aromatic rings. The summed E-state index contributed by atoms with van der Waals surface area (Å²) in [7, 11) is 0. The molecule has 0 bridgehead atoms. The molecule has 0 aliphatic carbocycles. The van der Waals surface area contributed by atoms with Crippen molar-refractivity contribution in [2.45, 2.75) is 40.0 Å². The molecular formula is C16H25NO2. The third-order valence-electron chi connectivity index (χ3n) is 3.31. The van der Waals surface area contributed by atoms with Crippen LogP contribution in [-0.4, -0.2) is 24.2 Å². The quantitative estimate of drug-likeness (QED) is 0.794. The second-order valence-electron chi connectivity index (χ2n) is 5.90. The van der Waals surface area contributed by atoms with E-state index >= 15 is 0 Å². The molecule has 1 aromatic carbocycles. The maximum absolute atomic E-state index is 11.8. The minimum atomic E-state index is -0.0474. The van der Waals surface area contributed by atoms with E-state index in [-0.39, 0.29) is 17.9 Å². The van der Waals surface area contributed by atoms with E-state index in [1.54, 1.807) is 0 Å². The van der Waals surface area contributed by atoms with Crippen LogP contribution in [0.2, 0.25) is 0 Å². The highest BCUT2D eigenvalue weighted by Gasteiger charge is 2.17. The molecule has 0 saturated heterocycles. The standard InChI is InChI=1S/C16H25NO2/c1-13-4-6-14(7-5-13)8-9-15(19)17-12-16(2,3)10-11-18/h4-7,18H,8-12H2,1-3H3,(H,17,19). The molecule has 0 aliphatic rings. The SMILES string of the molecule is Cc1ccc(CCC(=O)NCC(C)(C)CCO)cc1. The Bertz CT molecular complexity index is 396. The van der Waals surface area contributed by atoms with Crippen molar-refractivity contribution in [3.05, 3.63) is 35.4 Å². The molecule has 0 radical (unpaired) electrons. The van der Waals surface area contributed by atoms with Crippen LogP contribution in [0.1, 0.15) is 37.8 Å². The van der Waals surface area contributed by atoms with Crippen molar-refractivity contribution >= 4 is 5.91 Å². The number of aliphatic hydroxyl groups is 1. The first-order chi connectivity index (χ1) is 8.93. The van der Waals surface area contributed by atoms with Crippen molar-refractivity contribution in [3.63, 3.8) is 0 Å². The lowest BCUT2D eigenvalue weighted by molar-refractivity contribution is -0.121. The van der Waals surface area contributed by atoms with Gasteiger partial charge in [-0.3, -0.25) is 4.79 Å². The van der Waals surface area contributed by atoms with Crippen LogP contribution in [0.25, 0.3) is 0 Å². The second kappa shape index (κ2) is 7.29. The van der Waals surface area contributed by atoms with Crippen molar-refractivity contribution in [3.8, 4) is 0 Å². The van der Waals surface area contributed by atoms with Crippen LogP contribution in [0.4, 0.5) is 0 Å². The third-order valence-corrected chi connectivity index (χ3v) is 3.31. The molecule has 1 amide bonds. The summed E-state index contributed by atoms with van der Waals surface area (Å²) in [5.41, 5.74) is 2.38. The van der Waals surface area contributed by atoms with Crippen LogP contribution in [0, 0.1) is 12.3 Å². The van der Waals surface area contributed by atoms with Gasteiger partial charge in [0.25, 0.3) is 0 Å². The summed E-state index contributed by atoms with van der Waals surface area (Å²) in [5.74, 6) is 0.0755. The van der Waals surface area contributed by atoms with Crippen molar-refractivity contribution in [2.24, 2.45) is 5.41 Å². The van der Waals surface area contributed by atoms with Crippen LogP contribution < -0.4 is 5.32 Å². The normalized spacial score (nSPS) is 11.4. The topological polar surface area (TPSA) is 49.3 Å². The summed E-state index contributed by atoms with van der Waals surface area (Å²) in [6.07, 6.45) is 1.98. The summed E-state index contributed by atoms with van der Waals surface area (Å²) < 4.78 is 0. The van der Waals surface area contributed by atoms with Gasteiger partial charge in [0.05, 0.1) is 0 Å². The predicted octanol–water partition coefficient (Wildman–Crippen LogP) is 2.45. The van der Waals surface area contributed by atoms with Crippen LogP contribution in [0.5, 0.6) is 0 Å². The van der Waals surface area contributed by atoms with Crippen molar-refractivity contribution in [2.75, 3.05) is 13.2 Å². The fraction of sp³-hybridized carbons (Fsp3) is 0.562. The van der Waals surface area contributed by atoms with E-state index in [1.165, 1.54) is 11.1 Å². The average Bonchev–Trinajstić information content (AvgIpc) is 2.36. The van der Waals surface area contributed by atoms with Gasteiger partial charge in [-0.05, 0) is 30.7 Å². The molecule has 106 valence electrons. The van der Waals surface area contributed by atoms with Crippen molar-refractivity contribution < 1.29 is 9.90 Å². The zero-order valence-corrected chi connectivity index (χ0v) is 12.2. The molecular weight excluding hydrogens is 238 g/mol. The van der Waals surface area contributed by atoms with Gasteiger partial charge in [-0.15, -0.1) is 0 Å². The maximum Gasteiger partial charge on any atom is 0.220 e. The third kappa shape index (κ3) is 6.39. The lowest BCUT2D eigenvalue weighted by atomic mass is 9.90. The molecule has 0 spiro atoms. The molecule has 0 aliphatic heterocycles. The van der Waals surface area contributed by atoms with Crippen LogP contribution >= 0.6 is 0 Å². The van der Waals surface area contributed by atoms with E-state index in [0.717, 1.165) is 6.42 Å². The number of hydrogen-bond acceptors (Lipinski definition) is 2. The van der Waals surface area contributed by atoms with Crippen LogP contribution in [0.3, 0.4) is 0 Å². The fourth-order valence-corrected chi connectivity index (χ4v) is 1.83. The van der Waals surface area contributed by atoms with Gasteiger partial charge in [-0.1, -0.05) is 43.7 Å². The van der Waals surface area contributed by atoms with E-state index < -0.39 is 0 Å². The number of nitrogens with one attached hydrogen (secondary N) is 1. The van der Waals surface area contributed by atoms with Crippen molar-refractivity contribution in [1.82, 2.24) is 5.32 Å². The van der Waals surface area contributed by atoms with Gasteiger partial charge < -0.3 is 10.4 Å². The van der Waals surface area contributed by atoms with Gasteiger partial charge in [-0.25, -0.2) is 0 Å². The molecule has 0 atom stereocenters. The Hall–Kier alpha value is -1.35. The van der Waals surface area contributed by atoms with Gasteiger partial charge in [0.2, 0.25) is 5.91 Å². The lowest BCUT2D eigenvalue weighted by Crippen LogP contribution is -2.34. The van der Waals surface area contributed by atoms with E-state index in [0.29, 0.717) is 19.4 Å². The van der Waals surface area contributed by atoms with E-state index in [1.807, 2.05) is 13.8 Å². The molecule has 3 heteroatoms. The average molecular weight is 263 g/mol. The Morgan fingerprint density at radius 3 is 2.47 bits per heavy atom. The molecule has 2 N–H and O–H groups in total. The minimum absolute atomic E-state index is 0.0474. The van der Waals surface area contributed by atoms with Gasteiger partial charge in [0, 0.05) is 19.6 Å². The number of aryl methyl sites for hydroxylation is 2. The number of amides is 1. The zero-order chi connectivity index (χ0) is 14.3. The van der Waals surface area contributed by atoms with Crippen LogP contribution in [-0.2, 0) is 11.2 Å². The molecule has 19 heavy (non-hydrogen) atoms. The highest BCUT2D eigenvalue weighted by atomic mass is 16.3. The van der Waals surface area contributed by atoms with Gasteiger partial charge >= 0.3 is 0 Å².